The van der Waals surface area contributed by atoms with Crippen LogP contribution < -0.4 is 10.6 Å². The summed E-state index contributed by atoms with van der Waals surface area (Å²) in [4.78, 5) is 85.9. The fraction of sp³-hybridized carbons (Fsp3) is 0.364. The van der Waals surface area contributed by atoms with Gasteiger partial charge in [-0.3, -0.25) is 29.3 Å². The van der Waals surface area contributed by atoms with Crippen molar-refractivity contribution < 1.29 is 33.5 Å². The van der Waals surface area contributed by atoms with E-state index in [2.05, 4.69) is 27.5 Å². The number of hydrogen-bond acceptors (Lipinski definition) is 7. The number of carbonyl (C=O) groups is 6. The summed E-state index contributed by atoms with van der Waals surface area (Å²) in [6, 6.07) is 17.8. The molecule has 3 heterocycles. The summed E-state index contributed by atoms with van der Waals surface area (Å²) in [5, 5.41) is 6.37. The van der Waals surface area contributed by atoms with Gasteiger partial charge in [-0.25, -0.2) is 4.79 Å². The molecular weight excluding hydrogens is 746 g/mol. The fourth-order valence-electron chi connectivity index (χ4n) is 7.30. The predicted octanol–water partition coefficient (Wildman–Crippen LogP) is 6.36. The van der Waals surface area contributed by atoms with Gasteiger partial charge in [-0.15, -0.1) is 0 Å². The normalized spacial score (nSPS) is 15.7. The largest absolute Gasteiger partial charge is 0.461 e. The molecular formula is C44H46ClN5O7. The van der Waals surface area contributed by atoms with E-state index in [1.807, 2.05) is 57.2 Å². The van der Waals surface area contributed by atoms with Gasteiger partial charge >= 0.3 is 5.97 Å². The highest BCUT2D eigenvalue weighted by Gasteiger charge is 2.40. The SMILES string of the molecule is CCOC(=O)c1[nH]c2cc(Cl)ccc2c1C(C(=O)NC(C)(C)C)N(Cc1ccccc1)C(=O)CCCCC#Cc1cccc2c1CN(C1CCC(=O)NC1=O)C2=O. The number of rotatable bonds is 12. The number of halogens is 1. The van der Waals surface area contributed by atoms with Crippen LogP contribution in [0.4, 0.5) is 0 Å². The van der Waals surface area contributed by atoms with Crippen LogP contribution in [0, 0.1) is 11.8 Å². The van der Waals surface area contributed by atoms with Gasteiger partial charge in [-0.2, -0.15) is 0 Å². The van der Waals surface area contributed by atoms with Gasteiger partial charge in [-0.05, 0) is 82.3 Å². The number of aromatic nitrogens is 1. The first-order chi connectivity index (χ1) is 27.3. The van der Waals surface area contributed by atoms with E-state index in [1.165, 1.54) is 9.80 Å². The average Bonchev–Trinajstić information content (AvgIpc) is 3.70. The predicted molar refractivity (Wildman–Crippen MR) is 215 cm³/mol. The van der Waals surface area contributed by atoms with Gasteiger partial charge in [0.25, 0.3) is 5.91 Å². The third kappa shape index (κ3) is 9.38. The van der Waals surface area contributed by atoms with Crippen LogP contribution in [0.5, 0.6) is 0 Å². The van der Waals surface area contributed by atoms with Crippen molar-refractivity contribution in [3.05, 3.63) is 105 Å². The number of piperidine rings is 1. The molecule has 1 fully saturated rings. The molecule has 296 valence electrons. The van der Waals surface area contributed by atoms with Gasteiger partial charge < -0.3 is 24.8 Å². The number of hydrogen-bond donors (Lipinski definition) is 3. The molecule has 2 aliphatic heterocycles. The number of imide groups is 1. The molecule has 1 saturated heterocycles. The van der Waals surface area contributed by atoms with Gasteiger partial charge in [0.15, 0.2) is 0 Å². The van der Waals surface area contributed by atoms with Crippen molar-refractivity contribution >= 4 is 58.0 Å². The summed E-state index contributed by atoms with van der Waals surface area (Å²) in [6.07, 6.45) is 2.06. The Morgan fingerprint density at radius 2 is 1.81 bits per heavy atom. The molecule has 2 atom stereocenters. The van der Waals surface area contributed by atoms with Crippen molar-refractivity contribution in [3.8, 4) is 11.8 Å². The average molecular weight is 792 g/mol. The Morgan fingerprint density at radius 3 is 2.53 bits per heavy atom. The second kappa shape index (κ2) is 17.5. The van der Waals surface area contributed by atoms with Crippen molar-refractivity contribution in [3.63, 3.8) is 0 Å². The van der Waals surface area contributed by atoms with Crippen LogP contribution >= 0.6 is 11.6 Å². The van der Waals surface area contributed by atoms with Crippen molar-refractivity contribution in [2.75, 3.05) is 6.61 Å². The standard InChI is InChI=1S/C44H46ClN5O7/c1-5-57-43(56)38-37(31-21-20-29(45)24-33(31)46-38)39(41(54)48-44(2,3)4)50(25-27-14-9-8-10-15-27)36(52)19-12-7-6-11-16-28-17-13-18-30-32(28)26-49(42(30)55)34-22-23-35(51)47-40(34)53/h8-10,13-15,17-18,20-21,24,34,39,46H,5-7,12,19,22-23,25-26H2,1-4H3,(H,48,54)(H,47,51,53). The number of ether oxygens (including phenoxy) is 1. The van der Waals surface area contributed by atoms with Crippen LogP contribution in [-0.2, 0) is 37.0 Å². The van der Waals surface area contributed by atoms with Crippen LogP contribution in [-0.4, -0.2) is 68.5 Å². The van der Waals surface area contributed by atoms with Gasteiger partial charge in [0.1, 0.15) is 17.8 Å². The minimum atomic E-state index is -1.21. The fourth-order valence-corrected chi connectivity index (χ4v) is 7.48. The van der Waals surface area contributed by atoms with E-state index >= 15 is 0 Å². The Morgan fingerprint density at radius 1 is 1.04 bits per heavy atom. The lowest BCUT2D eigenvalue weighted by molar-refractivity contribution is -0.142. The summed E-state index contributed by atoms with van der Waals surface area (Å²) in [5.41, 5.74) is 2.97. The molecule has 2 aliphatic rings. The third-order valence-electron chi connectivity index (χ3n) is 9.88. The summed E-state index contributed by atoms with van der Waals surface area (Å²) in [7, 11) is 0. The van der Waals surface area contributed by atoms with Gasteiger partial charge in [0, 0.05) is 70.5 Å². The van der Waals surface area contributed by atoms with Crippen LogP contribution in [0.2, 0.25) is 5.02 Å². The minimum Gasteiger partial charge on any atom is -0.461 e. The first kappa shape index (κ1) is 40.7. The Labute approximate surface area is 336 Å². The lowest BCUT2D eigenvalue weighted by Crippen LogP contribution is -2.52. The molecule has 3 aromatic carbocycles. The smallest absolute Gasteiger partial charge is 0.355 e. The van der Waals surface area contributed by atoms with Gasteiger partial charge in [0.05, 0.1) is 6.61 Å². The molecule has 6 rings (SSSR count). The quantitative estimate of drug-likeness (QED) is 0.0653. The van der Waals surface area contributed by atoms with Crippen LogP contribution in [0.25, 0.3) is 10.9 Å². The molecule has 0 spiro atoms. The van der Waals surface area contributed by atoms with E-state index < -0.39 is 35.4 Å². The summed E-state index contributed by atoms with van der Waals surface area (Å²) in [5.74, 6) is 3.90. The topological polar surface area (TPSA) is 158 Å². The zero-order chi connectivity index (χ0) is 40.9. The highest BCUT2D eigenvalue weighted by molar-refractivity contribution is 6.31. The molecule has 2 unspecified atom stereocenters. The zero-order valence-electron chi connectivity index (χ0n) is 32.5. The number of unbranched alkanes of at least 4 members (excludes halogenated alkanes) is 2. The lowest BCUT2D eigenvalue weighted by atomic mass is 9.97. The minimum absolute atomic E-state index is 0.0682. The molecule has 57 heavy (non-hydrogen) atoms. The number of amides is 5. The van der Waals surface area contributed by atoms with E-state index in [0.717, 1.165) is 11.1 Å². The van der Waals surface area contributed by atoms with Gasteiger partial charge in [0.2, 0.25) is 23.6 Å². The maximum absolute atomic E-state index is 14.5. The number of benzene rings is 3. The van der Waals surface area contributed by atoms with Crippen molar-refractivity contribution in [2.24, 2.45) is 0 Å². The van der Waals surface area contributed by atoms with Crippen molar-refractivity contribution in [2.45, 2.75) is 96.9 Å². The number of fused-ring (bicyclic) bond motifs is 2. The molecule has 0 saturated carbocycles. The number of carbonyl (C=O) groups excluding carboxylic acids is 6. The molecule has 4 aromatic rings. The van der Waals surface area contributed by atoms with Crippen LogP contribution in [0.3, 0.4) is 0 Å². The van der Waals surface area contributed by atoms with E-state index in [0.29, 0.717) is 51.9 Å². The maximum atomic E-state index is 14.5. The molecule has 13 heteroatoms. The van der Waals surface area contributed by atoms with Crippen molar-refractivity contribution in [1.29, 1.82) is 0 Å². The number of H-pyrrole nitrogens is 1. The summed E-state index contributed by atoms with van der Waals surface area (Å²) < 4.78 is 5.43. The molecule has 3 N–H and O–H groups in total. The molecule has 5 amide bonds. The van der Waals surface area contributed by atoms with Crippen LogP contribution in [0.1, 0.15) is 115 Å². The monoisotopic (exact) mass is 791 g/mol. The number of aromatic amines is 1. The Bertz CT molecular complexity index is 2280. The maximum Gasteiger partial charge on any atom is 0.355 e. The zero-order valence-corrected chi connectivity index (χ0v) is 33.3. The Hall–Kier alpha value is -5.93. The van der Waals surface area contributed by atoms with E-state index in [-0.39, 0.29) is 62.4 Å². The Kier molecular flexibility index (Phi) is 12.5. The summed E-state index contributed by atoms with van der Waals surface area (Å²) >= 11 is 6.35. The van der Waals surface area contributed by atoms with E-state index in [1.54, 1.807) is 37.3 Å². The Balaban J connectivity index is 1.23. The first-order valence-electron chi connectivity index (χ1n) is 19.1. The second-order valence-electron chi connectivity index (χ2n) is 15.2. The van der Waals surface area contributed by atoms with Gasteiger partial charge in [-0.1, -0.05) is 65.9 Å². The first-order valence-corrected chi connectivity index (χ1v) is 19.5. The van der Waals surface area contributed by atoms with Crippen molar-refractivity contribution in [1.82, 2.24) is 25.4 Å². The molecule has 0 aliphatic carbocycles. The number of nitrogens with zero attached hydrogens (tertiary/aromatic N) is 2. The summed E-state index contributed by atoms with van der Waals surface area (Å²) in [6.45, 7) is 7.67. The van der Waals surface area contributed by atoms with E-state index in [4.69, 9.17) is 16.3 Å². The third-order valence-corrected chi connectivity index (χ3v) is 10.1. The van der Waals surface area contributed by atoms with E-state index in [9.17, 15) is 28.8 Å². The second-order valence-corrected chi connectivity index (χ2v) is 15.7. The van der Waals surface area contributed by atoms with Crippen LogP contribution in [0.15, 0.2) is 66.7 Å². The number of nitrogens with one attached hydrogen (secondary N) is 3. The molecule has 12 nitrogen and oxygen atoms in total. The molecule has 1 aromatic heterocycles. The molecule has 0 bridgehead atoms. The molecule has 0 radical (unpaired) electrons. The number of esters is 1. The highest BCUT2D eigenvalue weighted by Crippen LogP contribution is 2.36. The lowest BCUT2D eigenvalue weighted by Gasteiger charge is -2.34. The highest BCUT2D eigenvalue weighted by atomic mass is 35.5.